The van der Waals surface area contributed by atoms with Crippen molar-refractivity contribution in [2.45, 2.75) is 12.3 Å². The highest BCUT2D eigenvalue weighted by molar-refractivity contribution is 6.06. The van der Waals surface area contributed by atoms with Crippen molar-refractivity contribution < 1.29 is 4.79 Å². The molecular formula is C21H20N2O2. The summed E-state index contributed by atoms with van der Waals surface area (Å²) < 4.78 is 1.50. The predicted molar refractivity (Wildman–Crippen MR) is 98.9 cm³/mol. The van der Waals surface area contributed by atoms with Crippen molar-refractivity contribution in [2.24, 2.45) is 7.05 Å². The SMILES string of the molecule is Cn1cc(C(=O)N2CC[C@@H](c3ccccc3)C2)c2ccccc2c1=O. The molecule has 0 bridgehead atoms. The van der Waals surface area contributed by atoms with Gasteiger partial charge in [-0.2, -0.15) is 0 Å². The van der Waals surface area contributed by atoms with Crippen LogP contribution in [0.15, 0.2) is 65.6 Å². The van der Waals surface area contributed by atoms with Crippen molar-refractivity contribution >= 4 is 16.7 Å². The lowest BCUT2D eigenvalue weighted by molar-refractivity contribution is 0.0792. The van der Waals surface area contributed by atoms with E-state index in [1.165, 1.54) is 10.1 Å². The Morgan fingerprint density at radius 3 is 2.44 bits per heavy atom. The molecule has 0 unspecified atom stereocenters. The lowest BCUT2D eigenvalue weighted by Crippen LogP contribution is -2.30. The topological polar surface area (TPSA) is 42.3 Å². The summed E-state index contributed by atoms with van der Waals surface area (Å²) in [5, 5.41) is 1.33. The number of aryl methyl sites for hydroxylation is 1. The standard InChI is InChI=1S/C21H20N2O2/c1-22-14-19(17-9-5-6-10-18(17)20(22)24)21(25)23-12-11-16(13-23)15-7-3-2-4-8-15/h2-10,14,16H,11-13H2,1H3/t16-/m1/s1. The summed E-state index contributed by atoms with van der Waals surface area (Å²) in [5.74, 6) is 0.383. The minimum absolute atomic E-state index is 0.00484. The summed E-state index contributed by atoms with van der Waals surface area (Å²) in [6, 6.07) is 17.7. The highest BCUT2D eigenvalue weighted by atomic mass is 16.2. The van der Waals surface area contributed by atoms with Gasteiger partial charge >= 0.3 is 0 Å². The number of fused-ring (bicyclic) bond motifs is 1. The normalized spacial score (nSPS) is 17.2. The average Bonchev–Trinajstić information content (AvgIpc) is 3.15. The molecule has 1 saturated heterocycles. The summed E-state index contributed by atoms with van der Waals surface area (Å²) in [6.07, 6.45) is 2.64. The highest BCUT2D eigenvalue weighted by Gasteiger charge is 2.29. The van der Waals surface area contributed by atoms with E-state index in [4.69, 9.17) is 0 Å². The molecule has 126 valence electrons. The van der Waals surface area contributed by atoms with E-state index >= 15 is 0 Å². The van der Waals surface area contributed by atoms with Gasteiger partial charge in [0, 0.05) is 43.0 Å². The average molecular weight is 332 g/mol. The fourth-order valence-electron chi connectivity index (χ4n) is 3.70. The molecule has 2 heterocycles. The van der Waals surface area contributed by atoms with Crippen LogP contribution in [0.5, 0.6) is 0 Å². The second-order valence-corrected chi connectivity index (χ2v) is 6.65. The van der Waals surface area contributed by atoms with Crippen LogP contribution in [0.3, 0.4) is 0 Å². The number of carbonyl (C=O) groups is 1. The Balaban J connectivity index is 1.68. The summed E-state index contributed by atoms with van der Waals surface area (Å²) in [6.45, 7) is 1.47. The molecule has 3 aromatic rings. The molecule has 1 fully saturated rings. The van der Waals surface area contributed by atoms with Gasteiger partial charge < -0.3 is 9.47 Å². The van der Waals surface area contributed by atoms with Crippen LogP contribution in [0.2, 0.25) is 0 Å². The molecule has 1 aromatic heterocycles. The monoisotopic (exact) mass is 332 g/mol. The number of amides is 1. The van der Waals surface area contributed by atoms with E-state index in [9.17, 15) is 9.59 Å². The highest BCUT2D eigenvalue weighted by Crippen LogP contribution is 2.28. The van der Waals surface area contributed by atoms with Crippen molar-refractivity contribution in [1.29, 1.82) is 0 Å². The molecule has 25 heavy (non-hydrogen) atoms. The van der Waals surface area contributed by atoms with Gasteiger partial charge in [-0.15, -0.1) is 0 Å². The Labute approximate surface area is 146 Å². The van der Waals surface area contributed by atoms with E-state index in [-0.39, 0.29) is 11.5 Å². The summed E-state index contributed by atoms with van der Waals surface area (Å²) >= 11 is 0. The Hall–Kier alpha value is -2.88. The van der Waals surface area contributed by atoms with Crippen LogP contribution in [-0.2, 0) is 7.05 Å². The Morgan fingerprint density at radius 1 is 1.00 bits per heavy atom. The second-order valence-electron chi connectivity index (χ2n) is 6.65. The smallest absolute Gasteiger partial charge is 0.258 e. The van der Waals surface area contributed by atoms with E-state index in [1.54, 1.807) is 19.3 Å². The van der Waals surface area contributed by atoms with Crippen LogP contribution in [0, 0.1) is 0 Å². The van der Waals surface area contributed by atoms with Crippen LogP contribution < -0.4 is 5.56 Å². The Bertz CT molecular complexity index is 992. The number of hydrogen-bond acceptors (Lipinski definition) is 2. The molecule has 1 aliphatic rings. The Morgan fingerprint density at radius 2 is 1.68 bits per heavy atom. The van der Waals surface area contributed by atoms with Crippen LogP contribution in [-0.4, -0.2) is 28.5 Å². The predicted octanol–water partition coefficient (Wildman–Crippen LogP) is 3.17. The molecule has 1 amide bonds. The number of rotatable bonds is 2. The van der Waals surface area contributed by atoms with Crippen LogP contribution in [0.4, 0.5) is 0 Å². The van der Waals surface area contributed by atoms with E-state index in [0.717, 1.165) is 24.9 Å². The van der Waals surface area contributed by atoms with E-state index < -0.39 is 0 Å². The first-order chi connectivity index (χ1) is 12.1. The maximum atomic E-state index is 13.1. The first-order valence-electron chi connectivity index (χ1n) is 8.58. The number of pyridine rings is 1. The van der Waals surface area contributed by atoms with Crippen LogP contribution in [0.25, 0.3) is 10.8 Å². The molecule has 0 spiro atoms. The van der Waals surface area contributed by atoms with Gasteiger partial charge in [-0.1, -0.05) is 48.5 Å². The Kier molecular flexibility index (Phi) is 3.88. The van der Waals surface area contributed by atoms with E-state index in [0.29, 0.717) is 16.9 Å². The van der Waals surface area contributed by atoms with Gasteiger partial charge in [0.15, 0.2) is 0 Å². The third-order valence-corrected chi connectivity index (χ3v) is 5.07. The number of nitrogens with zero attached hydrogens (tertiary/aromatic N) is 2. The maximum Gasteiger partial charge on any atom is 0.258 e. The molecular weight excluding hydrogens is 312 g/mol. The maximum absolute atomic E-state index is 13.1. The zero-order valence-electron chi connectivity index (χ0n) is 14.2. The lowest BCUT2D eigenvalue weighted by atomic mass is 9.99. The van der Waals surface area contributed by atoms with Gasteiger partial charge in [0.25, 0.3) is 11.5 Å². The number of benzene rings is 2. The fourth-order valence-corrected chi connectivity index (χ4v) is 3.70. The summed E-state index contributed by atoms with van der Waals surface area (Å²) in [7, 11) is 1.70. The third kappa shape index (κ3) is 2.74. The van der Waals surface area contributed by atoms with Gasteiger partial charge in [-0.3, -0.25) is 9.59 Å². The first kappa shape index (κ1) is 15.6. The first-order valence-corrected chi connectivity index (χ1v) is 8.58. The zero-order valence-corrected chi connectivity index (χ0v) is 14.2. The number of aromatic nitrogens is 1. The molecule has 0 saturated carbocycles. The molecule has 1 atom stereocenters. The van der Waals surface area contributed by atoms with Crippen LogP contribution in [0.1, 0.15) is 28.3 Å². The van der Waals surface area contributed by atoms with Crippen LogP contribution >= 0.6 is 0 Å². The fraction of sp³-hybridized carbons (Fsp3) is 0.238. The van der Waals surface area contributed by atoms with Crippen molar-refractivity contribution in [3.05, 3.63) is 82.3 Å². The zero-order chi connectivity index (χ0) is 17.4. The summed E-state index contributed by atoms with van der Waals surface area (Å²) in [5.41, 5.74) is 1.81. The lowest BCUT2D eigenvalue weighted by Gasteiger charge is -2.18. The van der Waals surface area contributed by atoms with Gasteiger partial charge in [0.05, 0.1) is 5.56 Å². The quantitative estimate of drug-likeness (QED) is 0.723. The minimum atomic E-state index is -0.0734. The number of likely N-dealkylation sites (tertiary alicyclic amines) is 1. The second kappa shape index (κ2) is 6.20. The molecule has 4 rings (SSSR count). The van der Waals surface area contributed by atoms with Crippen molar-refractivity contribution in [1.82, 2.24) is 9.47 Å². The van der Waals surface area contributed by atoms with Crippen molar-refractivity contribution in [3.63, 3.8) is 0 Å². The van der Waals surface area contributed by atoms with Gasteiger partial charge in [0.2, 0.25) is 0 Å². The molecule has 4 heteroatoms. The molecule has 0 radical (unpaired) electrons. The van der Waals surface area contributed by atoms with Gasteiger partial charge in [-0.25, -0.2) is 0 Å². The molecule has 1 aliphatic heterocycles. The third-order valence-electron chi connectivity index (χ3n) is 5.07. The van der Waals surface area contributed by atoms with Gasteiger partial charge in [0.1, 0.15) is 0 Å². The van der Waals surface area contributed by atoms with Crippen molar-refractivity contribution in [3.8, 4) is 0 Å². The minimum Gasteiger partial charge on any atom is -0.338 e. The van der Waals surface area contributed by atoms with Crippen molar-refractivity contribution in [2.75, 3.05) is 13.1 Å². The van der Waals surface area contributed by atoms with E-state index in [1.807, 2.05) is 41.3 Å². The molecule has 2 aromatic carbocycles. The van der Waals surface area contributed by atoms with E-state index in [2.05, 4.69) is 12.1 Å². The number of carbonyl (C=O) groups excluding carboxylic acids is 1. The molecule has 0 aliphatic carbocycles. The molecule has 0 N–H and O–H groups in total. The molecule has 4 nitrogen and oxygen atoms in total. The number of hydrogen-bond donors (Lipinski definition) is 0. The van der Waals surface area contributed by atoms with Gasteiger partial charge in [-0.05, 0) is 18.1 Å². The summed E-state index contributed by atoms with van der Waals surface area (Å²) in [4.78, 5) is 27.3. The largest absolute Gasteiger partial charge is 0.338 e.